The molecule has 1 saturated carbocycles. The third-order valence-corrected chi connectivity index (χ3v) is 3.45. The molecule has 4 heteroatoms. The molecule has 1 aliphatic carbocycles. The van der Waals surface area contributed by atoms with Crippen molar-refractivity contribution < 1.29 is 5.11 Å². The lowest BCUT2D eigenvalue weighted by molar-refractivity contribution is 0.268. The molecule has 0 amide bonds. The van der Waals surface area contributed by atoms with Crippen molar-refractivity contribution >= 4 is 5.52 Å². The number of fused-ring (bicyclic) bond motifs is 1. The van der Waals surface area contributed by atoms with Gasteiger partial charge in [-0.3, -0.25) is 0 Å². The van der Waals surface area contributed by atoms with Crippen molar-refractivity contribution in [1.29, 1.82) is 0 Å². The summed E-state index contributed by atoms with van der Waals surface area (Å²) in [7, 11) is 0. The summed E-state index contributed by atoms with van der Waals surface area (Å²) >= 11 is 0. The highest BCUT2D eigenvalue weighted by Crippen LogP contribution is 2.40. The molecule has 1 atom stereocenters. The molecular weight excluding hydrogens is 214 g/mol. The van der Waals surface area contributed by atoms with Gasteiger partial charge in [-0.2, -0.15) is 0 Å². The summed E-state index contributed by atoms with van der Waals surface area (Å²) in [4.78, 5) is 4.64. The number of nitrogens with two attached hydrogens (primary N) is 1. The van der Waals surface area contributed by atoms with E-state index in [1.165, 1.54) is 18.7 Å². The van der Waals surface area contributed by atoms with Crippen LogP contribution in [0.25, 0.3) is 5.52 Å². The number of pyridine rings is 1. The summed E-state index contributed by atoms with van der Waals surface area (Å²) in [6, 6.07) is 3.70. The maximum absolute atomic E-state index is 9.09. The lowest BCUT2D eigenvalue weighted by atomic mass is 10.1. The van der Waals surface area contributed by atoms with Crippen LogP contribution in [0.15, 0.2) is 18.3 Å². The lowest BCUT2D eigenvalue weighted by Gasteiger charge is -2.09. The minimum Gasteiger partial charge on any atom is -0.394 e. The summed E-state index contributed by atoms with van der Waals surface area (Å²) in [5.74, 6) is 1.80. The van der Waals surface area contributed by atoms with E-state index in [-0.39, 0.29) is 12.6 Å². The molecule has 2 aromatic heterocycles. The van der Waals surface area contributed by atoms with E-state index in [0.29, 0.717) is 5.92 Å². The van der Waals surface area contributed by atoms with Crippen molar-refractivity contribution in [3.05, 3.63) is 35.4 Å². The van der Waals surface area contributed by atoms with Gasteiger partial charge in [-0.15, -0.1) is 0 Å². The van der Waals surface area contributed by atoms with E-state index in [9.17, 15) is 0 Å². The van der Waals surface area contributed by atoms with E-state index in [1.54, 1.807) is 0 Å². The van der Waals surface area contributed by atoms with Gasteiger partial charge in [-0.25, -0.2) is 4.98 Å². The Morgan fingerprint density at radius 2 is 2.35 bits per heavy atom. The Morgan fingerprint density at radius 1 is 1.59 bits per heavy atom. The average molecular weight is 231 g/mol. The van der Waals surface area contributed by atoms with Gasteiger partial charge in [0.25, 0.3) is 0 Å². The smallest absolute Gasteiger partial charge is 0.116 e. The Bertz CT molecular complexity index is 557. The Morgan fingerprint density at radius 3 is 3.00 bits per heavy atom. The highest BCUT2D eigenvalue weighted by molar-refractivity contribution is 5.55. The molecule has 0 bridgehead atoms. The molecule has 1 fully saturated rings. The average Bonchev–Trinajstić information content (AvgIpc) is 3.14. The van der Waals surface area contributed by atoms with Crippen molar-refractivity contribution in [3.8, 4) is 0 Å². The van der Waals surface area contributed by atoms with Crippen LogP contribution < -0.4 is 5.73 Å². The van der Waals surface area contributed by atoms with Crippen LogP contribution in [0.4, 0.5) is 0 Å². The number of hydrogen-bond donors (Lipinski definition) is 2. The van der Waals surface area contributed by atoms with Crippen molar-refractivity contribution in [2.45, 2.75) is 31.7 Å². The van der Waals surface area contributed by atoms with E-state index in [4.69, 9.17) is 10.8 Å². The third kappa shape index (κ3) is 1.73. The van der Waals surface area contributed by atoms with Crippen LogP contribution in [0.3, 0.4) is 0 Å². The van der Waals surface area contributed by atoms with Crippen molar-refractivity contribution in [1.82, 2.24) is 9.38 Å². The summed E-state index contributed by atoms with van der Waals surface area (Å²) in [6.45, 7) is 1.99. The summed E-state index contributed by atoms with van der Waals surface area (Å²) < 4.78 is 2.15. The second-order valence-corrected chi connectivity index (χ2v) is 4.83. The molecule has 1 unspecified atom stereocenters. The lowest BCUT2D eigenvalue weighted by Crippen LogP contribution is -2.14. The van der Waals surface area contributed by atoms with Gasteiger partial charge in [0.1, 0.15) is 5.82 Å². The number of imidazole rings is 1. The zero-order valence-corrected chi connectivity index (χ0v) is 9.93. The molecule has 4 nitrogen and oxygen atoms in total. The minimum atomic E-state index is -0.307. The molecule has 17 heavy (non-hydrogen) atoms. The molecule has 2 aromatic rings. The Labute approximate surface area is 100 Å². The number of aliphatic hydroxyl groups is 1. The standard InChI is InChI=1S/C13H17N3O/c1-8-12-6-10(11(14)7-17)4-5-16(12)13(15-8)9-2-3-9/h4-6,9,11,17H,2-3,7,14H2,1H3. The van der Waals surface area contributed by atoms with Crippen LogP contribution in [0, 0.1) is 6.92 Å². The number of rotatable bonds is 3. The van der Waals surface area contributed by atoms with Gasteiger partial charge in [-0.1, -0.05) is 0 Å². The summed E-state index contributed by atoms with van der Waals surface area (Å²) in [5, 5.41) is 9.09. The summed E-state index contributed by atoms with van der Waals surface area (Å²) in [6.07, 6.45) is 4.51. The Hall–Kier alpha value is -1.39. The molecule has 90 valence electrons. The van der Waals surface area contributed by atoms with Crippen LogP contribution in [0.2, 0.25) is 0 Å². The van der Waals surface area contributed by atoms with E-state index >= 15 is 0 Å². The molecular formula is C13H17N3O. The number of aromatic nitrogens is 2. The molecule has 2 heterocycles. The van der Waals surface area contributed by atoms with Gasteiger partial charge in [0.2, 0.25) is 0 Å². The van der Waals surface area contributed by atoms with Gasteiger partial charge in [0.05, 0.1) is 23.9 Å². The third-order valence-electron chi connectivity index (χ3n) is 3.45. The first kappa shape index (κ1) is 10.7. The maximum atomic E-state index is 9.09. The van der Waals surface area contributed by atoms with Crippen molar-refractivity contribution in [3.63, 3.8) is 0 Å². The summed E-state index contributed by atoms with van der Waals surface area (Å²) in [5.41, 5.74) is 8.94. The fraction of sp³-hybridized carbons (Fsp3) is 0.462. The monoisotopic (exact) mass is 231 g/mol. The van der Waals surface area contributed by atoms with E-state index in [1.807, 2.05) is 25.3 Å². The first-order valence-electron chi connectivity index (χ1n) is 6.05. The Kier molecular flexibility index (Phi) is 2.42. The molecule has 3 rings (SSSR count). The Balaban J connectivity index is 2.13. The first-order chi connectivity index (χ1) is 8.20. The molecule has 0 spiro atoms. The van der Waals surface area contributed by atoms with Crippen LogP contribution in [-0.4, -0.2) is 21.1 Å². The fourth-order valence-corrected chi connectivity index (χ4v) is 2.24. The zero-order valence-electron chi connectivity index (χ0n) is 9.93. The van der Waals surface area contributed by atoms with Crippen molar-refractivity contribution in [2.75, 3.05) is 6.61 Å². The molecule has 0 radical (unpaired) electrons. The molecule has 0 saturated heterocycles. The highest BCUT2D eigenvalue weighted by atomic mass is 16.3. The largest absolute Gasteiger partial charge is 0.394 e. The van der Waals surface area contributed by atoms with Gasteiger partial charge in [-0.05, 0) is 37.5 Å². The highest BCUT2D eigenvalue weighted by Gasteiger charge is 2.28. The molecule has 1 aliphatic rings. The van der Waals surface area contributed by atoms with Gasteiger partial charge in [0.15, 0.2) is 0 Å². The SMILES string of the molecule is Cc1nc(C2CC2)n2ccc(C(N)CO)cc12. The van der Waals surface area contributed by atoms with Crippen LogP contribution in [0.1, 0.15) is 41.9 Å². The molecule has 3 N–H and O–H groups in total. The van der Waals surface area contributed by atoms with Crippen LogP contribution >= 0.6 is 0 Å². The van der Waals surface area contributed by atoms with Crippen molar-refractivity contribution in [2.24, 2.45) is 5.73 Å². The number of aryl methyl sites for hydroxylation is 1. The van der Waals surface area contributed by atoms with Gasteiger partial charge >= 0.3 is 0 Å². The second-order valence-electron chi connectivity index (χ2n) is 4.83. The predicted octanol–water partition coefficient (Wildman–Crippen LogP) is 1.51. The van der Waals surface area contributed by atoms with Gasteiger partial charge in [0, 0.05) is 12.1 Å². The molecule has 0 aromatic carbocycles. The van der Waals surface area contributed by atoms with Crippen LogP contribution in [0.5, 0.6) is 0 Å². The normalized spacial score (nSPS) is 17.6. The topological polar surface area (TPSA) is 63.5 Å². The van der Waals surface area contributed by atoms with Crippen LogP contribution in [-0.2, 0) is 0 Å². The van der Waals surface area contributed by atoms with Gasteiger partial charge < -0.3 is 15.2 Å². The molecule has 0 aliphatic heterocycles. The maximum Gasteiger partial charge on any atom is 0.116 e. The predicted molar refractivity (Wildman–Crippen MR) is 65.9 cm³/mol. The number of hydrogen-bond acceptors (Lipinski definition) is 3. The zero-order chi connectivity index (χ0) is 12.0. The first-order valence-corrected chi connectivity index (χ1v) is 6.05. The minimum absolute atomic E-state index is 0.0289. The number of nitrogens with zero attached hydrogens (tertiary/aromatic N) is 2. The fourth-order valence-electron chi connectivity index (χ4n) is 2.24. The van der Waals surface area contributed by atoms with E-state index < -0.39 is 0 Å². The second kappa shape index (κ2) is 3.82. The quantitative estimate of drug-likeness (QED) is 0.841. The van der Waals surface area contributed by atoms with E-state index in [0.717, 1.165) is 16.8 Å². The van der Waals surface area contributed by atoms with E-state index in [2.05, 4.69) is 9.38 Å². The number of aliphatic hydroxyl groups excluding tert-OH is 1.